The molecule has 1 atom stereocenters. The standard InChI is InChI=1S/C15H20N2OS/c1-4-6-10(3)14(18)17-15-16-12-8-7-11(5-2)9-13(12)19-15/h7-10H,4-6H2,1-3H3,(H,16,17,18). The summed E-state index contributed by atoms with van der Waals surface area (Å²) in [5, 5.41) is 3.63. The molecule has 2 aromatic rings. The maximum atomic E-state index is 12.0. The van der Waals surface area contributed by atoms with Gasteiger partial charge in [-0.2, -0.15) is 0 Å². The molecule has 1 aromatic heterocycles. The minimum absolute atomic E-state index is 0.0446. The summed E-state index contributed by atoms with van der Waals surface area (Å²) < 4.78 is 1.14. The molecule has 1 amide bonds. The number of benzene rings is 1. The molecule has 0 fully saturated rings. The van der Waals surface area contributed by atoms with Crippen molar-refractivity contribution >= 4 is 32.6 Å². The van der Waals surface area contributed by atoms with Crippen molar-refractivity contribution in [3.8, 4) is 0 Å². The van der Waals surface area contributed by atoms with Crippen molar-refractivity contribution in [3.63, 3.8) is 0 Å². The van der Waals surface area contributed by atoms with E-state index >= 15 is 0 Å². The number of anilines is 1. The third-order valence-corrected chi connectivity index (χ3v) is 4.19. The van der Waals surface area contributed by atoms with Gasteiger partial charge in [0.25, 0.3) is 0 Å². The lowest BCUT2D eigenvalue weighted by molar-refractivity contribution is -0.119. The van der Waals surface area contributed by atoms with Crippen molar-refractivity contribution in [3.05, 3.63) is 23.8 Å². The number of hydrogen-bond acceptors (Lipinski definition) is 3. The van der Waals surface area contributed by atoms with E-state index in [-0.39, 0.29) is 11.8 Å². The van der Waals surface area contributed by atoms with Gasteiger partial charge in [-0.1, -0.05) is 44.6 Å². The second kappa shape index (κ2) is 6.15. The van der Waals surface area contributed by atoms with Crippen molar-refractivity contribution in [2.75, 3.05) is 5.32 Å². The summed E-state index contributed by atoms with van der Waals surface area (Å²) in [5.74, 6) is 0.111. The van der Waals surface area contributed by atoms with Crippen LogP contribution < -0.4 is 5.32 Å². The van der Waals surface area contributed by atoms with Crippen LogP contribution in [0.25, 0.3) is 10.2 Å². The number of nitrogens with zero attached hydrogens (tertiary/aromatic N) is 1. The van der Waals surface area contributed by atoms with Gasteiger partial charge in [-0.15, -0.1) is 0 Å². The number of carbonyl (C=O) groups is 1. The third kappa shape index (κ3) is 3.32. The summed E-state index contributed by atoms with van der Waals surface area (Å²) >= 11 is 1.55. The van der Waals surface area contributed by atoms with Crippen molar-refractivity contribution < 1.29 is 4.79 Å². The Hall–Kier alpha value is -1.42. The first-order valence-electron chi connectivity index (χ1n) is 6.84. The van der Waals surface area contributed by atoms with Gasteiger partial charge in [0.15, 0.2) is 5.13 Å². The number of rotatable bonds is 5. The average Bonchev–Trinajstić information content (AvgIpc) is 2.79. The summed E-state index contributed by atoms with van der Waals surface area (Å²) in [6.07, 6.45) is 2.95. The van der Waals surface area contributed by atoms with Crippen molar-refractivity contribution in [1.82, 2.24) is 4.98 Å². The second-order valence-corrected chi connectivity index (χ2v) is 5.88. The molecule has 2 rings (SSSR count). The van der Waals surface area contributed by atoms with Gasteiger partial charge in [-0.3, -0.25) is 4.79 Å². The maximum absolute atomic E-state index is 12.0. The fraction of sp³-hybridized carbons (Fsp3) is 0.467. The highest BCUT2D eigenvalue weighted by molar-refractivity contribution is 7.22. The SMILES string of the molecule is CCCC(C)C(=O)Nc1nc2ccc(CC)cc2s1. The molecule has 4 heteroatoms. The number of hydrogen-bond donors (Lipinski definition) is 1. The normalized spacial score (nSPS) is 12.6. The molecular formula is C15H20N2OS. The number of carbonyl (C=O) groups excluding carboxylic acids is 1. The zero-order chi connectivity index (χ0) is 13.8. The Morgan fingerprint density at radius 3 is 2.89 bits per heavy atom. The van der Waals surface area contributed by atoms with Crippen LogP contribution in [0.2, 0.25) is 0 Å². The van der Waals surface area contributed by atoms with Crippen LogP contribution in [0.15, 0.2) is 18.2 Å². The molecule has 0 aliphatic carbocycles. The molecule has 0 radical (unpaired) electrons. The van der Waals surface area contributed by atoms with Crippen molar-refractivity contribution in [2.45, 2.75) is 40.0 Å². The average molecular weight is 276 g/mol. The van der Waals surface area contributed by atoms with Crippen LogP contribution in [-0.2, 0) is 11.2 Å². The Labute approximate surface area is 118 Å². The molecule has 0 saturated heterocycles. The second-order valence-electron chi connectivity index (χ2n) is 4.85. The van der Waals surface area contributed by atoms with Crippen LogP contribution in [0.5, 0.6) is 0 Å². The first-order chi connectivity index (χ1) is 9.13. The highest BCUT2D eigenvalue weighted by Gasteiger charge is 2.14. The van der Waals surface area contributed by atoms with Gasteiger partial charge in [-0.05, 0) is 30.5 Å². The van der Waals surface area contributed by atoms with E-state index < -0.39 is 0 Å². The van der Waals surface area contributed by atoms with E-state index in [1.807, 2.05) is 13.0 Å². The summed E-state index contributed by atoms with van der Waals surface area (Å²) in [6.45, 7) is 6.19. The molecule has 0 spiro atoms. The number of aryl methyl sites for hydroxylation is 1. The largest absolute Gasteiger partial charge is 0.302 e. The van der Waals surface area contributed by atoms with Gasteiger partial charge in [0, 0.05) is 5.92 Å². The molecule has 0 aliphatic rings. The van der Waals surface area contributed by atoms with Gasteiger partial charge in [-0.25, -0.2) is 4.98 Å². The topological polar surface area (TPSA) is 42.0 Å². The Morgan fingerprint density at radius 2 is 2.21 bits per heavy atom. The molecule has 0 bridgehead atoms. The zero-order valence-corrected chi connectivity index (χ0v) is 12.5. The van der Waals surface area contributed by atoms with E-state index in [2.05, 4.69) is 36.3 Å². The third-order valence-electron chi connectivity index (χ3n) is 3.26. The predicted molar refractivity (Wildman–Crippen MR) is 81.7 cm³/mol. The van der Waals surface area contributed by atoms with E-state index in [1.54, 1.807) is 11.3 Å². The molecule has 1 aromatic carbocycles. The molecule has 102 valence electrons. The van der Waals surface area contributed by atoms with Gasteiger partial charge >= 0.3 is 0 Å². The Balaban J connectivity index is 2.15. The fourth-order valence-corrected chi connectivity index (χ4v) is 2.97. The summed E-state index contributed by atoms with van der Waals surface area (Å²) in [4.78, 5) is 16.4. The Bertz CT molecular complexity index is 577. The summed E-state index contributed by atoms with van der Waals surface area (Å²) in [6, 6.07) is 6.27. The van der Waals surface area contributed by atoms with Gasteiger partial charge < -0.3 is 5.32 Å². The number of aromatic nitrogens is 1. The number of amides is 1. The lowest BCUT2D eigenvalue weighted by Gasteiger charge is -2.08. The molecule has 1 heterocycles. The lowest BCUT2D eigenvalue weighted by atomic mass is 10.1. The van der Waals surface area contributed by atoms with Crippen LogP contribution in [0, 0.1) is 5.92 Å². The predicted octanol–water partition coefficient (Wildman–Crippen LogP) is 4.23. The monoisotopic (exact) mass is 276 g/mol. The van der Waals surface area contributed by atoms with Crippen LogP contribution in [0.4, 0.5) is 5.13 Å². The van der Waals surface area contributed by atoms with Crippen LogP contribution in [-0.4, -0.2) is 10.9 Å². The highest BCUT2D eigenvalue weighted by atomic mass is 32.1. The van der Waals surface area contributed by atoms with Crippen molar-refractivity contribution in [2.24, 2.45) is 5.92 Å². The molecule has 0 saturated carbocycles. The van der Waals surface area contributed by atoms with Crippen LogP contribution in [0.1, 0.15) is 39.2 Å². The quantitative estimate of drug-likeness (QED) is 0.887. The number of fused-ring (bicyclic) bond motifs is 1. The first-order valence-corrected chi connectivity index (χ1v) is 7.66. The van der Waals surface area contributed by atoms with Gasteiger partial charge in [0.05, 0.1) is 10.2 Å². The minimum atomic E-state index is 0.0446. The number of nitrogens with one attached hydrogen (secondary N) is 1. The van der Waals surface area contributed by atoms with E-state index in [0.717, 1.165) is 29.5 Å². The molecule has 1 N–H and O–H groups in total. The van der Waals surface area contributed by atoms with E-state index in [0.29, 0.717) is 5.13 Å². The summed E-state index contributed by atoms with van der Waals surface area (Å²) in [5.41, 5.74) is 2.26. The fourth-order valence-electron chi connectivity index (χ4n) is 2.04. The number of thiazole rings is 1. The highest BCUT2D eigenvalue weighted by Crippen LogP contribution is 2.27. The first kappa shape index (κ1) is 14.0. The van der Waals surface area contributed by atoms with Crippen LogP contribution in [0.3, 0.4) is 0 Å². The molecular weight excluding hydrogens is 256 g/mol. The van der Waals surface area contributed by atoms with E-state index in [1.165, 1.54) is 5.56 Å². The lowest BCUT2D eigenvalue weighted by Crippen LogP contribution is -2.19. The molecule has 0 aliphatic heterocycles. The Morgan fingerprint density at radius 1 is 1.42 bits per heavy atom. The van der Waals surface area contributed by atoms with Crippen LogP contribution >= 0.6 is 11.3 Å². The zero-order valence-electron chi connectivity index (χ0n) is 11.7. The minimum Gasteiger partial charge on any atom is -0.302 e. The van der Waals surface area contributed by atoms with Gasteiger partial charge in [0.2, 0.25) is 5.91 Å². The van der Waals surface area contributed by atoms with Crippen molar-refractivity contribution in [1.29, 1.82) is 0 Å². The smallest absolute Gasteiger partial charge is 0.228 e. The molecule has 19 heavy (non-hydrogen) atoms. The molecule has 3 nitrogen and oxygen atoms in total. The summed E-state index contributed by atoms with van der Waals surface area (Å²) in [7, 11) is 0. The molecule has 1 unspecified atom stereocenters. The maximum Gasteiger partial charge on any atom is 0.228 e. The van der Waals surface area contributed by atoms with E-state index in [9.17, 15) is 4.79 Å². The van der Waals surface area contributed by atoms with E-state index in [4.69, 9.17) is 0 Å². The Kier molecular flexibility index (Phi) is 4.53. The van der Waals surface area contributed by atoms with Gasteiger partial charge in [0.1, 0.15) is 0 Å².